The van der Waals surface area contributed by atoms with Crippen LogP contribution in [0.4, 0.5) is 0 Å². The van der Waals surface area contributed by atoms with Crippen molar-refractivity contribution in [3.05, 3.63) is 50.7 Å². The molecule has 3 heterocycles. The maximum atomic E-state index is 12.9. The van der Waals surface area contributed by atoms with E-state index >= 15 is 0 Å². The Morgan fingerprint density at radius 3 is 2.30 bits per heavy atom. The van der Waals surface area contributed by atoms with Crippen molar-refractivity contribution in [1.82, 2.24) is 28.3 Å². The lowest BCUT2D eigenvalue weighted by molar-refractivity contribution is 0.538. The van der Waals surface area contributed by atoms with E-state index in [1.165, 1.54) is 11.6 Å². The lowest BCUT2D eigenvalue weighted by atomic mass is 10.1. The average Bonchev–Trinajstić information content (AvgIpc) is 3.18. The Hall–Kier alpha value is -3.16. The minimum Gasteiger partial charge on any atom is -0.302 e. The van der Waals surface area contributed by atoms with Gasteiger partial charge in [0.2, 0.25) is 5.78 Å². The van der Waals surface area contributed by atoms with Crippen molar-refractivity contribution < 1.29 is 0 Å². The first kappa shape index (κ1) is 17.3. The number of hydrogen-bond donors (Lipinski definition) is 0. The van der Waals surface area contributed by atoms with Crippen LogP contribution in [0.3, 0.4) is 0 Å². The lowest BCUT2D eigenvalue weighted by Gasteiger charge is -2.09. The molecule has 0 unspecified atom stereocenters. The first-order chi connectivity index (χ1) is 12.8. The molecular formula is C19H22N6O2. The van der Waals surface area contributed by atoms with Crippen molar-refractivity contribution in [3.63, 3.8) is 0 Å². The van der Waals surface area contributed by atoms with E-state index in [0.717, 1.165) is 15.7 Å². The quantitative estimate of drug-likeness (QED) is 0.553. The van der Waals surface area contributed by atoms with Crippen LogP contribution in [0.1, 0.15) is 19.4 Å². The van der Waals surface area contributed by atoms with E-state index in [-0.39, 0.29) is 11.2 Å². The van der Waals surface area contributed by atoms with Gasteiger partial charge in [-0.25, -0.2) is 9.20 Å². The molecule has 0 saturated carbocycles. The van der Waals surface area contributed by atoms with Gasteiger partial charge >= 0.3 is 5.69 Å². The summed E-state index contributed by atoms with van der Waals surface area (Å²) < 4.78 is 6.30. The third kappa shape index (κ3) is 2.43. The van der Waals surface area contributed by atoms with Crippen LogP contribution < -0.4 is 11.2 Å². The van der Waals surface area contributed by atoms with Crippen LogP contribution in [-0.4, -0.2) is 28.3 Å². The second-order valence-electron chi connectivity index (χ2n) is 7.41. The third-order valence-electron chi connectivity index (χ3n) is 4.84. The average molecular weight is 366 g/mol. The summed E-state index contributed by atoms with van der Waals surface area (Å²) in [5, 5.41) is 8.73. The van der Waals surface area contributed by atoms with Crippen LogP contribution >= 0.6 is 0 Å². The Kier molecular flexibility index (Phi) is 3.80. The number of nitrogens with zero attached hydrogens (tertiary/aromatic N) is 6. The van der Waals surface area contributed by atoms with Crippen LogP contribution in [-0.2, 0) is 20.6 Å². The maximum absolute atomic E-state index is 12.9. The van der Waals surface area contributed by atoms with Gasteiger partial charge < -0.3 is 4.57 Å². The number of hydrogen-bond acceptors (Lipinski definition) is 4. The smallest absolute Gasteiger partial charge is 0.302 e. The van der Waals surface area contributed by atoms with Crippen LogP contribution in [0.15, 0.2) is 33.9 Å². The minimum absolute atomic E-state index is 0.297. The van der Waals surface area contributed by atoms with E-state index in [9.17, 15) is 9.59 Å². The number of aromatic nitrogens is 6. The monoisotopic (exact) mass is 366 g/mol. The Balaban J connectivity index is 2.21. The van der Waals surface area contributed by atoms with E-state index in [1.54, 1.807) is 7.05 Å². The molecule has 0 saturated heterocycles. The molecule has 27 heavy (non-hydrogen) atoms. The molecule has 0 atom stereocenters. The fraction of sp³-hybridized carbons (Fsp3) is 0.368. The van der Waals surface area contributed by atoms with Crippen molar-refractivity contribution in [1.29, 1.82) is 0 Å². The highest BCUT2D eigenvalue weighted by atomic mass is 16.2. The molecule has 8 heteroatoms. The van der Waals surface area contributed by atoms with Gasteiger partial charge in [0.15, 0.2) is 17.0 Å². The topological polar surface area (TPSA) is 79.1 Å². The van der Waals surface area contributed by atoms with Gasteiger partial charge in [0.05, 0.1) is 0 Å². The number of aryl methyl sites for hydroxylation is 2. The molecule has 140 valence electrons. The highest BCUT2D eigenvalue weighted by Gasteiger charge is 2.24. The van der Waals surface area contributed by atoms with Crippen LogP contribution in [0.5, 0.6) is 0 Å². The SMILES string of the molecule is Cc1ccc(-c2nnc3n(CC(C)C)c4c(=O)n(C)c(=O)n(C)c4n23)cc1. The van der Waals surface area contributed by atoms with Crippen molar-refractivity contribution in [2.24, 2.45) is 20.0 Å². The highest BCUT2D eigenvalue weighted by Crippen LogP contribution is 2.25. The van der Waals surface area contributed by atoms with Gasteiger partial charge in [0.25, 0.3) is 5.56 Å². The van der Waals surface area contributed by atoms with Crippen LogP contribution in [0.2, 0.25) is 0 Å². The van der Waals surface area contributed by atoms with Crippen LogP contribution in [0, 0.1) is 12.8 Å². The third-order valence-corrected chi connectivity index (χ3v) is 4.84. The molecule has 0 aliphatic heterocycles. The molecular weight excluding hydrogens is 344 g/mol. The molecule has 8 nitrogen and oxygen atoms in total. The second kappa shape index (κ2) is 5.94. The Bertz CT molecular complexity index is 1280. The van der Waals surface area contributed by atoms with Gasteiger partial charge in [-0.15, -0.1) is 10.2 Å². The lowest BCUT2D eigenvalue weighted by Crippen LogP contribution is -2.38. The van der Waals surface area contributed by atoms with Gasteiger partial charge in [-0.3, -0.25) is 13.9 Å². The first-order valence-electron chi connectivity index (χ1n) is 8.91. The predicted octanol–water partition coefficient (Wildman–Crippen LogP) is 1.71. The van der Waals surface area contributed by atoms with E-state index in [1.807, 2.05) is 40.2 Å². The van der Waals surface area contributed by atoms with Crippen molar-refractivity contribution >= 4 is 16.9 Å². The zero-order chi connectivity index (χ0) is 19.5. The highest BCUT2D eigenvalue weighted by molar-refractivity contribution is 5.79. The number of benzene rings is 1. The van der Waals surface area contributed by atoms with E-state index in [2.05, 4.69) is 24.0 Å². The number of rotatable bonds is 3. The summed E-state index contributed by atoms with van der Waals surface area (Å²) in [6, 6.07) is 7.94. The zero-order valence-electron chi connectivity index (χ0n) is 16.1. The Morgan fingerprint density at radius 1 is 1.00 bits per heavy atom. The minimum atomic E-state index is -0.375. The normalized spacial score (nSPS) is 11.9. The van der Waals surface area contributed by atoms with Crippen molar-refractivity contribution in [3.8, 4) is 11.4 Å². The molecule has 0 radical (unpaired) electrons. The summed E-state index contributed by atoms with van der Waals surface area (Å²) in [6.07, 6.45) is 0. The van der Waals surface area contributed by atoms with E-state index in [4.69, 9.17) is 0 Å². The van der Waals surface area contributed by atoms with Gasteiger partial charge in [0, 0.05) is 26.2 Å². The molecule has 1 aromatic carbocycles. The molecule has 0 amide bonds. The standard InChI is InChI=1S/C19H22N6O2/c1-11(2)10-24-14-16(22(4)19(27)23(5)17(14)26)25-15(20-21-18(24)25)13-8-6-12(3)7-9-13/h6-9,11H,10H2,1-5H3. The van der Waals surface area contributed by atoms with Gasteiger partial charge in [0.1, 0.15) is 0 Å². The summed E-state index contributed by atoms with van der Waals surface area (Å²) in [7, 11) is 3.17. The molecule has 3 aromatic heterocycles. The summed E-state index contributed by atoms with van der Waals surface area (Å²) in [5.74, 6) is 1.47. The fourth-order valence-electron chi connectivity index (χ4n) is 3.48. The molecule has 4 aromatic rings. The second-order valence-corrected chi connectivity index (χ2v) is 7.41. The molecule has 0 fully saturated rings. The van der Waals surface area contributed by atoms with Gasteiger partial charge in [-0.05, 0) is 12.8 Å². The van der Waals surface area contributed by atoms with Crippen molar-refractivity contribution in [2.45, 2.75) is 27.3 Å². The van der Waals surface area contributed by atoms with E-state index < -0.39 is 0 Å². The maximum Gasteiger partial charge on any atom is 0.332 e. The van der Waals surface area contributed by atoms with Crippen LogP contribution in [0.25, 0.3) is 28.3 Å². The number of fused-ring (bicyclic) bond motifs is 3. The van der Waals surface area contributed by atoms with Gasteiger partial charge in [-0.2, -0.15) is 0 Å². The van der Waals surface area contributed by atoms with Crippen molar-refractivity contribution in [2.75, 3.05) is 0 Å². The summed E-state index contributed by atoms with van der Waals surface area (Å²) in [4.78, 5) is 25.5. The zero-order valence-corrected chi connectivity index (χ0v) is 16.1. The molecule has 0 bridgehead atoms. The molecule has 0 aliphatic carbocycles. The summed E-state index contributed by atoms with van der Waals surface area (Å²) in [5.41, 5.74) is 2.30. The Morgan fingerprint density at radius 2 is 1.67 bits per heavy atom. The van der Waals surface area contributed by atoms with Gasteiger partial charge in [-0.1, -0.05) is 43.7 Å². The predicted molar refractivity (Wildman–Crippen MR) is 104 cm³/mol. The first-order valence-corrected chi connectivity index (χ1v) is 8.91. The molecule has 0 aliphatic rings. The molecule has 0 spiro atoms. The molecule has 4 rings (SSSR count). The number of imidazole rings is 1. The summed E-state index contributed by atoms with van der Waals surface area (Å²) in [6.45, 7) is 6.77. The van der Waals surface area contributed by atoms with E-state index in [0.29, 0.717) is 35.2 Å². The summed E-state index contributed by atoms with van der Waals surface area (Å²) >= 11 is 0. The Labute approximate surface area is 155 Å². The molecule has 0 N–H and O–H groups in total. The largest absolute Gasteiger partial charge is 0.332 e. The fourth-order valence-corrected chi connectivity index (χ4v) is 3.48.